The molecular formula is C116H73N3O2S4. The van der Waals surface area contributed by atoms with E-state index in [2.05, 4.69) is 433 Å². The number of hydrogen-bond acceptors (Lipinski definition) is 9. The number of furan rings is 2. The van der Waals surface area contributed by atoms with Crippen LogP contribution in [0, 0.1) is 0 Å². The zero-order valence-electron chi connectivity index (χ0n) is 67.4. The minimum Gasteiger partial charge on any atom is -0.456 e. The molecule has 0 radical (unpaired) electrons. The van der Waals surface area contributed by atoms with Gasteiger partial charge in [-0.05, 0) is 232 Å². The summed E-state index contributed by atoms with van der Waals surface area (Å²) >= 11 is 7.43. The van der Waals surface area contributed by atoms with Gasteiger partial charge in [0, 0.05) is 153 Å². The zero-order chi connectivity index (χ0) is 82.4. The van der Waals surface area contributed by atoms with Crippen LogP contribution in [0.1, 0.15) is 0 Å². The highest BCUT2D eigenvalue weighted by molar-refractivity contribution is 7.27. The third kappa shape index (κ3) is 13.4. The van der Waals surface area contributed by atoms with Crippen LogP contribution in [0.15, 0.2) is 452 Å². The molecule has 0 fully saturated rings. The summed E-state index contributed by atoms with van der Waals surface area (Å²) in [7, 11) is 0. The molecule has 0 unspecified atom stereocenters. The van der Waals surface area contributed by atoms with Crippen molar-refractivity contribution in [2.24, 2.45) is 0 Å². The van der Waals surface area contributed by atoms with Gasteiger partial charge in [0.15, 0.2) is 0 Å². The Morgan fingerprint density at radius 3 is 0.992 bits per heavy atom. The molecule has 0 saturated carbocycles. The highest BCUT2D eigenvalue weighted by atomic mass is 32.1. The van der Waals surface area contributed by atoms with Gasteiger partial charge in [0.05, 0.1) is 5.69 Å². The van der Waals surface area contributed by atoms with E-state index < -0.39 is 0 Å². The molecule has 0 aliphatic carbocycles. The molecule has 0 amide bonds. The summed E-state index contributed by atoms with van der Waals surface area (Å²) in [6, 6.07) is 160. The molecule has 0 spiro atoms. The molecule has 0 aliphatic rings. The summed E-state index contributed by atoms with van der Waals surface area (Å²) < 4.78 is 22.7. The second-order valence-corrected chi connectivity index (χ2v) is 36.1. The Morgan fingerprint density at radius 2 is 0.456 bits per heavy atom. The van der Waals surface area contributed by atoms with Crippen molar-refractivity contribution >= 4 is 243 Å². The van der Waals surface area contributed by atoms with Crippen molar-refractivity contribution in [1.29, 1.82) is 0 Å². The fraction of sp³-hybridized carbons (Fsp3) is 0. The van der Waals surface area contributed by atoms with Crippen LogP contribution in [0.4, 0.5) is 51.2 Å². The maximum atomic E-state index is 6.07. The van der Waals surface area contributed by atoms with Gasteiger partial charge in [0.25, 0.3) is 0 Å². The highest BCUT2D eigenvalue weighted by Crippen LogP contribution is 2.48. The quantitative estimate of drug-likeness (QED) is 0.122. The average Bonchev–Trinajstić information content (AvgIpc) is 1.74. The summed E-state index contributed by atoms with van der Waals surface area (Å²) in [5.41, 5.74) is 21.1. The Morgan fingerprint density at radius 1 is 0.144 bits per heavy atom. The largest absolute Gasteiger partial charge is 0.456 e. The van der Waals surface area contributed by atoms with Gasteiger partial charge in [-0.2, -0.15) is 0 Å². The van der Waals surface area contributed by atoms with E-state index in [0.717, 1.165) is 95.1 Å². The van der Waals surface area contributed by atoms with Gasteiger partial charge in [-0.25, -0.2) is 0 Å². The molecule has 20 aromatic carbocycles. The third-order valence-electron chi connectivity index (χ3n) is 24.4. The fourth-order valence-corrected chi connectivity index (χ4v) is 22.8. The number of anilines is 9. The van der Waals surface area contributed by atoms with Crippen molar-refractivity contribution in [2.75, 3.05) is 14.7 Å². The molecule has 5 nitrogen and oxygen atoms in total. The summed E-state index contributed by atoms with van der Waals surface area (Å²) in [5.74, 6) is 0. The van der Waals surface area contributed by atoms with Crippen molar-refractivity contribution in [3.05, 3.63) is 443 Å². The third-order valence-corrected chi connectivity index (χ3v) is 29.0. The van der Waals surface area contributed by atoms with Gasteiger partial charge in [-0.1, -0.05) is 261 Å². The summed E-state index contributed by atoms with van der Waals surface area (Å²) in [5, 5.41) is 20.0. The Labute approximate surface area is 736 Å². The van der Waals surface area contributed by atoms with E-state index in [4.69, 9.17) is 8.83 Å². The first kappa shape index (κ1) is 73.7. The maximum absolute atomic E-state index is 6.07. The predicted octanol–water partition coefficient (Wildman–Crippen LogP) is 36.0. The average molecular weight is 1670 g/mol. The van der Waals surface area contributed by atoms with Crippen molar-refractivity contribution in [1.82, 2.24) is 0 Å². The number of benzene rings is 20. The van der Waals surface area contributed by atoms with E-state index in [-0.39, 0.29) is 0 Å². The molecule has 0 aliphatic heterocycles. The Balaban J connectivity index is 0.000000105. The van der Waals surface area contributed by atoms with Crippen LogP contribution in [-0.4, -0.2) is 0 Å². The van der Waals surface area contributed by atoms with Crippen LogP contribution in [0.25, 0.3) is 179 Å². The lowest BCUT2D eigenvalue weighted by atomic mass is 10.0. The fourth-order valence-electron chi connectivity index (χ4n) is 18.3. The zero-order valence-corrected chi connectivity index (χ0v) is 70.7. The van der Waals surface area contributed by atoms with E-state index in [9.17, 15) is 0 Å². The van der Waals surface area contributed by atoms with Crippen molar-refractivity contribution in [2.45, 2.75) is 0 Å². The molecule has 26 rings (SSSR count). The number of para-hydroxylation sites is 3. The van der Waals surface area contributed by atoms with E-state index in [1.54, 1.807) is 0 Å². The number of hydrogen-bond donors (Lipinski definition) is 0. The number of nitrogens with zero attached hydrogens (tertiary/aromatic N) is 3. The topological polar surface area (TPSA) is 36.0 Å². The molecule has 6 aromatic heterocycles. The van der Waals surface area contributed by atoms with E-state index in [1.165, 1.54) is 136 Å². The second-order valence-electron chi connectivity index (χ2n) is 31.8. The SMILES string of the molecule is c1ccc(N(c2ccc(-c3ccc4sc5ccccc5c4c3)cc2)c2ccc3sc4ccccc4c3c2)cc1.c1ccc2c(N(c3ccc(-c4ccc5oc6ccccc6c5c4)cc3)c3ccc4c(c3)sc3ccccc34)cccc2c1.c1ccc2cc(N(c3ccc(-c4ccc5oc6ccccc6c5c4)cc3)c3ccc4c(c3)sc3ccccc34)ccc2c1. The van der Waals surface area contributed by atoms with Gasteiger partial charge in [0.2, 0.25) is 0 Å². The number of thiophene rings is 4. The lowest BCUT2D eigenvalue weighted by molar-refractivity contribution is 0.668. The number of rotatable bonds is 12. The Bertz CT molecular complexity index is 8640. The minimum atomic E-state index is 0.917. The molecule has 0 N–H and O–H groups in total. The van der Waals surface area contributed by atoms with Crippen LogP contribution in [0.3, 0.4) is 0 Å². The van der Waals surface area contributed by atoms with Crippen molar-refractivity contribution in [3.8, 4) is 33.4 Å². The first-order valence-corrected chi connectivity index (χ1v) is 45.4. The molecule has 9 heteroatoms. The van der Waals surface area contributed by atoms with Crippen LogP contribution >= 0.6 is 45.3 Å². The Hall–Kier alpha value is -15.2. The van der Waals surface area contributed by atoms with Crippen LogP contribution < -0.4 is 14.7 Å². The number of fused-ring (bicyclic) bond motifs is 20. The van der Waals surface area contributed by atoms with Gasteiger partial charge in [0.1, 0.15) is 22.3 Å². The standard InChI is InChI=1S/2C40H25NOS.C36H23NS2/c1-2-10-31-27(8-1)9-7-13-36(31)41(30-21-22-34-33-12-4-6-15-39(33)43-40(34)25-30)29-19-16-26(17-20-29)28-18-23-38-35(24-28)32-11-3-5-14-37(32)42-38;1-2-8-28-23-31(19-15-26(28)7-1)41(32-20-21-35-34-10-4-6-12-39(34)43-40(35)25-32)30-17-13-27(14-18-30)29-16-22-38-36(24-29)33-9-3-5-11-37(33)42-38;1-2-8-26(9-3-1)37(28-19-21-36-32(23-28)30-11-5-7-13-34(30)39-36)27-17-14-24(15-18-27)25-16-20-35-31(22-25)29-10-4-6-12-33(29)38-35/h2*1-25H;1-23H. The van der Waals surface area contributed by atoms with E-state index in [0.29, 0.717) is 0 Å². The normalized spacial score (nSPS) is 11.7. The summed E-state index contributed by atoms with van der Waals surface area (Å²) in [4.78, 5) is 7.11. The van der Waals surface area contributed by atoms with Crippen molar-refractivity contribution < 1.29 is 8.83 Å². The minimum absolute atomic E-state index is 0.917. The first-order valence-electron chi connectivity index (χ1n) is 42.1. The lowest BCUT2D eigenvalue weighted by Crippen LogP contribution is -2.10. The Kier molecular flexibility index (Phi) is 18.3. The van der Waals surface area contributed by atoms with Gasteiger partial charge in [-0.3, -0.25) is 0 Å². The second kappa shape index (κ2) is 31.0. The summed E-state index contributed by atoms with van der Waals surface area (Å²) in [6.07, 6.45) is 0. The van der Waals surface area contributed by atoms with Crippen LogP contribution in [0.2, 0.25) is 0 Å². The van der Waals surface area contributed by atoms with Crippen LogP contribution in [-0.2, 0) is 0 Å². The van der Waals surface area contributed by atoms with Gasteiger partial charge >= 0.3 is 0 Å². The van der Waals surface area contributed by atoms with E-state index >= 15 is 0 Å². The molecule has 588 valence electrons. The molecule has 0 bridgehead atoms. The molecular weight excluding hydrogens is 1600 g/mol. The lowest BCUT2D eigenvalue weighted by Gasteiger charge is -2.27. The maximum Gasteiger partial charge on any atom is 0.135 e. The van der Waals surface area contributed by atoms with Gasteiger partial charge in [-0.15, -0.1) is 45.3 Å². The molecule has 6 heterocycles. The molecule has 125 heavy (non-hydrogen) atoms. The van der Waals surface area contributed by atoms with E-state index in [1.807, 2.05) is 69.6 Å². The van der Waals surface area contributed by atoms with Crippen LogP contribution in [0.5, 0.6) is 0 Å². The highest BCUT2D eigenvalue weighted by Gasteiger charge is 2.22. The van der Waals surface area contributed by atoms with Gasteiger partial charge < -0.3 is 23.5 Å². The summed E-state index contributed by atoms with van der Waals surface area (Å²) in [6.45, 7) is 0. The first-order chi connectivity index (χ1) is 61.9. The molecule has 0 saturated heterocycles. The molecule has 0 atom stereocenters. The monoisotopic (exact) mass is 1670 g/mol. The molecule has 26 aromatic rings. The smallest absolute Gasteiger partial charge is 0.135 e. The van der Waals surface area contributed by atoms with Crippen molar-refractivity contribution in [3.63, 3.8) is 0 Å². The predicted molar refractivity (Wildman–Crippen MR) is 541 cm³/mol.